The summed E-state index contributed by atoms with van der Waals surface area (Å²) in [5.41, 5.74) is 6.19. The van der Waals surface area contributed by atoms with Gasteiger partial charge in [-0.2, -0.15) is 0 Å². The summed E-state index contributed by atoms with van der Waals surface area (Å²) in [6.45, 7) is 1.80. The summed E-state index contributed by atoms with van der Waals surface area (Å²) in [5.74, 6) is -0.401. The van der Waals surface area contributed by atoms with Gasteiger partial charge >= 0.3 is 0 Å². The molecule has 3 nitrogen and oxygen atoms in total. The molecule has 3 heteroatoms. The first-order chi connectivity index (χ1) is 8.15. The molecule has 0 saturated carbocycles. The molecule has 0 aliphatic heterocycles. The quantitative estimate of drug-likeness (QED) is 0.868. The second kappa shape index (κ2) is 4.37. The van der Waals surface area contributed by atoms with Gasteiger partial charge in [0.1, 0.15) is 5.41 Å². The van der Waals surface area contributed by atoms with Crippen LogP contribution in [0, 0.1) is 0 Å². The van der Waals surface area contributed by atoms with Gasteiger partial charge in [-0.1, -0.05) is 36.4 Å². The normalized spacial score (nSPS) is 13.9. The van der Waals surface area contributed by atoms with Crippen molar-refractivity contribution in [3.05, 3.63) is 66.0 Å². The van der Waals surface area contributed by atoms with Gasteiger partial charge in [0.05, 0.1) is 5.69 Å². The fourth-order valence-corrected chi connectivity index (χ4v) is 1.85. The van der Waals surface area contributed by atoms with E-state index in [4.69, 9.17) is 5.73 Å². The smallest absolute Gasteiger partial charge is 0.233 e. The maximum Gasteiger partial charge on any atom is 0.233 e. The van der Waals surface area contributed by atoms with Gasteiger partial charge in [-0.25, -0.2) is 0 Å². The van der Waals surface area contributed by atoms with E-state index in [1.165, 1.54) is 0 Å². The van der Waals surface area contributed by atoms with E-state index in [9.17, 15) is 4.79 Å². The highest BCUT2D eigenvalue weighted by Gasteiger charge is 2.36. The molecular formula is C14H14N2O. The van der Waals surface area contributed by atoms with Gasteiger partial charge < -0.3 is 5.73 Å². The Morgan fingerprint density at radius 2 is 1.76 bits per heavy atom. The molecule has 1 amide bonds. The minimum Gasteiger partial charge on any atom is -0.369 e. The number of carbonyl (C=O) groups is 1. The van der Waals surface area contributed by atoms with Crippen molar-refractivity contribution in [1.82, 2.24) is 4.98 Å². The van der Waals surface area contributed by atoms with Gasteiger partial charge in [-0.05, 0) is 24.6 Å². The zero-order chi connectivity index (χ0) is 12.3. The van der Waals surface area contributed by atoms with Crippen molar-refractivity contribution in [1.29, 1.82) is 0 Å². The minimum absolute atomic E-state index is 0.401. The number of carbonyl (C=O) groups excluding carboxylic acids is 1. The molecule has 2 N–H and O–H groups in total. The highest BCUT2D eigenvalue weighted by Crippen LogP contribution is 2.29. The lowest BCUT2D eigenvalue weighted by atomic mass is 9.78. The van der Waals surface area contributed by atoms with Crippen LogP contribution in [0.15, 0.2) is 54.7 Å². The predicted octanol–water partition coefficient (Wildman–Crippen LogP) is 1.87. The molecule has 2 rings (SSSR count). The molecule has 2 aromatic rings. The van der Waals surface area contributed by atoms with Crippen molar-refractivity contribution in [3.63, 3.8) is 0 Å². The summed E-state index contributed by atoms with van der Waals surface area (Å²) in [7, 11) is 0. The van der Waals surface area contributed by atoms with Crippen LogP contribution in [0.1, 0.15) is 18.2 Å². The molecule has 17 heavy (non-hydrogen) atoms. The van der Waals surface area contributed by atoms with Crippen molar-refractivity contribution in [3.8, 4) is 0 Å². The maximum absolute atomic E-state index is 11.8. The van der Waals surface area contributed by atoms with E-state index in [1.807, 2.05) is 48.5 Å². The van der Waals surface area contributed by atoms with Gasteiger partial charge in [0.2, 0.25) is 5.91 Å². The van der Waals surface area contributed by atoms with E-state index >= 15 is 0 Å². The fraction of sp³-hybridized carbons (Fsp3) is 0.143. The first-order valence-corrected chi connectivity index (χ1v) is 5.42. The first-order valence-electron chi connectivity index (χ1n) is 5.42. The van der Waals surface area contributed by atoms with Crippen molar-refractivity contribution < 1.29 is 4.79 Å². The second-order valence-electron chi connectivity index (χ2n) is 4.07. The number of amides is 1. The van der Waals surface area contributed by atoms with E-state index in [0.717, 1.165) is 5.56 Å². The van der Waals surface area contributed by atoms with Crippen LogP contribution < -0.4 is 5.73 Å². The van der Waals surface area contributed by atoms with Gasteiger partial charge in [-0.15, -0.1) is 0 Å². The number of aromatic nitrogens is 1. The minimum atomic E-state index is -0.886. The van der Waals surface area contributed by atoms with E-state index in [1.54, 1.807) is 13.1 Å². The first kappa shape index (κ1) is 11.3. The molecule has 1 aromatic carbocycles. The molecule has 1 atom stereocenters. The molecule has 1 unspecified atom stereocenters. The van der Waals surface area contributed by atoms with Gasteiger partial charge in [-0.3, -0.25) is 9.78 Å². The number of hydrogen-bond donors (Lipinski definition) is 1. The number of hydrogen-bond acceptors (Lipinski definition) is 2. The Hall–Kier alpha value is -2.16. The lowest BCUT2D eigenvalue weighted by Gasteiger charge is -2.25. The molecule has 86 valence electrons. The SMILES string of the molecule is CC(C(N)=O)(c1ccccc1)c1ccccn1. The highest BCUT2D eigenvalue weighted by atomic mass is 16.1. The zero-order valence-corrected chi connectivity index (χ0v) is 9.63. The van der Waals surface area contributed by atoms with Crippen LogP contribution in [0.2, 0.25) is 0 Å². The number of primary amides is 1. The molecule has 0 radical (unpaired) electrons. The van der Waals surface area contributed by atoms with E-state index in [2.05, 4.69) is 4.98 Å². The van der Waals surface area contributed by atoms with Crippen LogP contribution in [-0.2, 0) is 10.2 Å². The number of nitrogens with zero attached hydrogens (tertiary/aromatic N) is 1. The molecule has 0 saturated heterocycles. The fourth-order valence-electron chi connectivity index (χ4n) is 1.85. The largest absolute Gasteiger partial charge is 0.369 e. The molecule has 1 aromatic heterocycles. The second-order valence-corrected chi connectivity index (χ2v) is 4.07. The topological polar surface area (TPSA) is 56.0 Å². The Labute approximate surface area is 100 Å². The van der Waals surface area contributed by atoms with Crippen molar-refractivity contribution >= 4 is 5.91 Å². The third kappa shape index (κ3) is 1.91. The van der Waals surface area contributed by atoms with E-state index < -0.39 is 11.3 Å². The zero-order valence-electron chi connectivity index (χ0n) is 9.63. The van der Waals surface area contributed by atoms with Crippen molar-refractivity contribution in [2.45, 2.75) is 12.3 Å². The van der Waals surface area contributed by atoms with Crippen LogP contribution >= 0.6 is 0 Å². The molecular weight excluding hydrogens is 212 g/mol. The van der Waals surface area contributed by atoms with Crippen molar-refractivity contribution in [2.24, 2.45) is 5.73 Å². The van der Waals surface area contributed by atoms with Gasteiger partial charge in [0, 0.05) is 6.20 Å². The molecule has 0 aliphatic rings. The standard InChI is InChI=1S/C14H14N2O/c1-14(13(15)17,11-7-3-2-4-8-11)12-9-5-6-10-16-12/h2-10H,1H3,(H2,15,17). The Kier molecular flexibility index (Phi) is 2.91. The van der Waals surface area contributed by atoms with Crippen molar-refractivity contribution in [2.75, 3.05) is 0 Å². The highest BCUT2D eigenvalue weighted by molar-refractivity contribution is 5.89. The number of pyridine rings is 1. The van der Waals surface area contributed by atoms with Crippen LogP contribution in [-0.4, -0.2) is 10.9 Å². The summed E-state index contributed by atoms with van der Waals surface area (Å²) in [6, 6.07) is 14.9. The Morgan fingerprint density at radius 1 is 1.12 bits per heavy atom. The lowest BCUT2D eigenvalue weighted by molar-refractivity contribution is -0.121. The summed E-state index contributed by atoms with van der Waals surface area (Å²) in [4.78, 5) is 16.1. The number of rotatable bonds is 3. The number of nitrogens with two attached hydrogens (primary N) is 1. The van der Waals surface area contributed by atoms with Crippen LogP contribution in [0.5, 0.6) is 0 Å². The lowest BCUT2D eigenvalue weighted by Crippen LogP contribution is -2.40. The maximum atomic E-state index is 11.8. The Balaban J connectivity index is 2.59. The average Bonchev–Trinajstić information content (AvgIpc) is 2.39. The van der Waals surface area contributed by atoms with Crippen LogP contribution in [0.25, 0.3) is 0 Å². The molecule has 0 spiro atoms. The molecule has 0 bridgehead atoms. The molecule has 0 fully saturated rings. The molecule has 0 aliphatic carbocycles. The van der Waals surface area contributed by atoms with Crippen LogP contribution in [0.4, 0.5) is 0 Å². The van der Waals surface area contributed by atoms with Crippen LogP contribution in [0.3, 0.4) is 0 Å². The molecule has 1 heterocycles. The summed E-state index contributed by atoms with van der Waals surface area (Å²) in [6.07, 6.45) is 1.67. The predicted molar refractivity (Wildman–Crippen MR) is 66.3 cm³/mol. The third-order valence-electron chi connectivity index (χ3n) is 3.02. The summed E-state index contributed by atoms with van der Waals surface area (Å²) in [5, 5.41) is 0. The number of benzene rings is 1. The summed E-state index contributed by atoms with van der Waals surface area (Å²) < 4.78 is 0. The Bertz CT molecular complexity index is 469. The van der Waals surface area contributed by atoms with E-state index in [-0.39, 0.29) is 0 Å². The average molecular weight is 226 g/mol. The van der Waals surface area contributed by atoms with Gasteiger partial charge in [0.15, 0.2) is 0 Å². The Morgan fingerprint density at radius 3 is 2.29 bits per heavy atom. The van der Waals surface area contributed by atoms with E-state index in [0.29, 0.717) is 5.69 Å². The summed E-state index contributed by atoms with van der Waals surface area (Å²) >= 11 is 0. The third-order valence-corrected chi connectivity index (χ3v) is 3.02. The van der Waals surface area contributed by atoms with Gasteiger partial charge in [0.25, 0.3) is 0 Å². The monoisotopic (exact) mass is 226 g/mol.